The van der Waals surface area contributed by atoms with Gasteiger partial charge in [-0.15, -0.1) is 0 Å². The molecule has 3 heterocycles. The van der Waals surface area contributed by atoms with Crippen molar-refractivity contribution in [3.05, 3.63) is 23.7 Å². The number of piperidine rings is 1. The molecule has 23 heavy (non-hydrogen) atoms. The van der Waals surface area contributed by atoms with Gasteiger partial charge in [0.05, 0.1) is 23.1 Å². The molecule has 0 aromatic carbocycles. The van der Waals surface area contributed by atoms with Crippen LogP contribution >= 0.6 is 0 Å². The van der Waals surface area contributed by atoms with Crippen LogP contribution in [0.5, 0.6) is 0 Å². The van der Waals surface area contributed by atoms with Gasteiger partial charge < -0.3 is 14.5 Å². The van der Waals surface area contributed by atoms with Crippen molar-refractivity contribution in [2.75, 3.05) is 18.0 Å². The first kappa shape index (κ1) is 14.6. The number of rotatable bonds is 3. The van der Waals surface area contributed by atoms with Gasteiger partial charge in [-0.25, -0.2) is 9.97 Å². The summed E-state index contributed by atoms with van der Waals surface area (Å²) < 4.78 is 5.41. The Bertz CT molecular complexity index is 710. The molecule has 1 N–H and O–H groups in total. The Kier molecular flexibility index (Phi) is 3.56. The van der Waals surface area contributed by atoms with Gasteiger partial charge >= 0.3 is 0 Å². The van der Waals surface area contributed by atoms with Gasteiger partial charge in [-0.3, -0.25) is 0 Å². The summed E-state index contributed by atoms with van der Waals surface area (Å²) in [5.41, 5.74) is 2.90. The van der Waals surface area contributed by atoms with E-state index in [-0.39, 0.29) is 12.0 Å². The quantitative estimate of drug-likeness (QED) is 0.938. The van der Waals surface area contributed by atoms with Crippen molar-refractivity contribution in [1.82, 2.24) is 15.1 Å². The molecule has 0 radical (unpaired) electrons. The van der Waals surface area contributed by atoms with Gasteiger partial charge in [0.25, 0.3) is 0 Å². The normalized spacial score (nSPS) is 24.9. The number of nitrogens with zero attached hydrogens (tertiary/aromatic N) is 4. The highest BCUT2D eigenvalue weighted by Gasteiger charge is 2.32. The van der Waals surface area contributed by atoms with Crippen molar-refractivity contribution >= 4 is 5.95 Å². The summed E-state index contributed by atoms with van der Waals surface area (Å²) in [6.07, 6.45) is 4.76. The van der Waals surface area contributed by atoms with E-state index in [1.165, 1.54) is 12.8 Å². The number of hydrogen-bond donors (Lipinski definition) is 1. The Morgan fingerprint density at radius 3 is 2.78 bits per heavy atom. The van der Waals surface area contributed by atoms with Crippen LogP contribution in [0.15, 0.2) is 16.8 Å². The van der Waals surface area contributed by atoms with Crippen molar-refractivity contribution in [3.63, 3.8) is 0 Å². The van der Waals surface area contributed by atoms with Gasteiger partial charge in [-0.05, 0) is 32.1 Å². The van der Waals surface area contributed by atoms with Crippen LogP contribution in [-0.4, -0.2) is 39.4 Å². The van der Waals surface area contributed by atoms with Crippen molar-refractivity contribution in [2.45, 2.75) is 45.1 Å². The minimum Gasteiger partial charge on any atom is -0.393 e. The monoisotopic (exact) mass is 314 g/mol. The van der Waals surface area contributed by atoms with E-state index in [0.29, 0.717) is 5.92 Å². The first-order valence-corrected chi connectivity index (χ1v) is 8.35. The lowest BCUT2D eigenvalue weighted by Gasteiger charge is -2.34. The Balaban J connectivity index is 1.66. The molecular formula is C17H22N4O2. The molecule has 6 nitrogen and oxygen atoms in total. The molecule has 0 bridgehead atoms. The zero-order chi connectivity index (χ0) is 16.0. The maximum Gasteiger partial charge on any atom is 0.225 e. The number of aliphatic hydroxyl groups excluding tert-OH is 1. The smallest absolute Gasteiger partial charge is 0.225 e. The van der Waals surface area contributed by atoms with Crippen LogP contribution in [0.4, 0.5) is 5.95 Å². The topological polar surface area (TPSA) is 75.3 Å². The largest absolute Gasteiger partial charge is 0.393 e. The van der Waals surface area contributed by atoms with E-state index >= 15 is 0 Å². The van der Waals surface area contributed by atoms with Crippen molar-refractivity contribution in [2.24, 2.45) is 5.92 Å². The van der Waals surface area contributed by atoms with E-state index in [2.05, 4.69) is 22.0 Å². The molecule has 0 spiro atoms. The summed E-state index contributed by atoms with van der Waals surface area (Å²) in [6.45, 7) is 5.59. The third-order valence-corrected chi connectivity index (χ3v) is 4.81. The predicted molar refractivity (Wildman–Crippen MR) is 86.2 cm³/mol. The fourth-order valence-corrected chi connectivity index (χ4v) is 3.20. The fraction of sp³-hybridized carbons (Fsp3) is 0.588. The number of aryl methyl sites for hydroxylation is 1. The van der Waals surface area contributed by atoms with E-state index in [0.717, 1.165) is 48.2 Å². The highest BCUT2D eigenvalue weighted by molar-refractivity contribution is 5.62. The van der Waals surface area contributed by atoms with Gasteiger partial charge in [-0.1, -0.05) is 12.1 Å². The molecule has 6 heteroatoms. The predicted octanol–water partition coefficient (Wildman–Crippen LogP) is 2.52. The number of hydrogen-bond acceptors (Lipinski definition) is 6. The Hall–Kier alpha value is -1.95. The molecule has 4 rings (SSSR count). The molecule has 1 saturated heterocycles. The standard InChI is InChI=1S/C17H22N4O2/c1-10-9-21(6-5-14(10)22)17-18-8-13(15-7-11(2)20-23-15)16(19-17)12-3-4-12/h7-8,10,12,14,22H,3-6,9H2,1-2H3/t10-,14+/m1/s1. The van der Waals surface area contributed by atoms with Crippen LogP contribution in [0.2, 0.25) is 0 Å². The van der Waals surface area contributed by atoms with Gasteiger partial charge in [0.1, 0.15) is 0 Å². The molecule has 2 fully saturated rings. The third kappa shape index (κ3) is 2.83. The van der Waals surface area contributed by atoms with E-state index in [1.807, 2.05) is 19.2 Å². The molecule has 2 atom stereocenters. The lowest BCUT2D eigenvalue weighted by molar-refractivity contribution is 0.0966. The number of anilines is 1. The lowest BCUT2D eigenvalue weighted by atomic mass is 9.97. The number of aliphatic hydroxyl groups is 1. The Labute approximate surface area is 135 Å². The first-order chi connectivity index (χ1) is 11.1. The molecule has 0 amide bonds. The van der Waals surface area contributed by atoms with Crippen LogP contribution in [-0.2, 0) is 0 Å². The first-order valence-electron chi connectivity index (χ1n) is 8.35. The molecule has 122 valence electrons. The van der Waals surface area contributed by atoms with Crippen LogP contribution < -0.4 is 4.90 Å². The Morgan fingerprint density at radius 1 is 1.30 bits per heavy atom. The summed E-state index contributed by atoms with van der Waals surface area (Å²) in [5.74, 6) is 2.27. The molecule has 2 aliphatic rings. The van der Waals surface area contributed by atoms with E-state index < -0.39 is 0 Å². The van der Waals surface area contributed by atoms with Crippen molar-refractivity contribution in [3.8, 4) is 11.3 Å². The summed E-state index contributed by atoms with van der Waals surface area (Å²) in [7, 11) is 0. The summed E-state index contributed by atoms with van der Waals surface area (Å²) >= 11 is 0. The van der Waals surface area contributed by atoms with Crippen LogP contribution in [0.3, 0.4) is 0 Å². The van der Waals surface area contributed by atoms with Gasteiger partial charge in [-0.2, -0.15) is 0 Å². The second-order valence-corrected chi connectivity index (χ2v) is 6.86. The summed E-state index contributed by atoms with van der Waals surface area (Å²) in [4.78, 5) is 11.6. The second kappa shape index (κ2) is 5.60. The highest BCUT2D eigenvalue weighted by atomic mass is 16.5. The van der Waals surface area contributed by atoms with Crippen molar-refractivity contribution in [1.29, 1.82) is 0 Å². The molecule has 1 saturated carbocycles. The average molecular weight is 314 g/mol. The molecule has 0 unspecified atom stereocenters. The average Bonchev–Trinajstić information content (AvgIpc) is 3.31. The van der Waals surface area contributed by atoms with E-state index in [9.17, 15) is 5.11 Å². The van der Waals surface area contributed by atoms with Crippen LogP contribution in [0.1, 0.15) is 43.5 Å². The maximum atomic E-state index is 9.90. The summed E-state index contributed by atoms with van der Waals surface area (Å²) in [6, 6.07) is 1.93. The Morgan fingerprint density at radius 2 is 2.13 bits per heavy atom. The fourth-order valence-electron chi connectivity index (χ4n) is 3.20. The summed E-state index contributed by atoms with van der Waals surface area (Å²) in [5, 5.41) is 13.9. The zero-order valence-corrected chi connectivity index (χ0v) is 13.6. The third-order valence-electron chi connectivity index (χ3n) is 4.81. The van der Waals surface area contributed by atoms with E-state index in [4.69, 9.17) is 9.51 Å². The minimum atomic E-state index is -0.217. The molecule has 1 aliphatic carbocycles. The maximum absolute atomic E-state index is 9.90. The van der Waals surface area contributed by atoms with Gasteiger partial charge in [0.2, 0.25) is 5.95 Å². The molecule has 2 aromatic heterocycles. The SMILES string of the molecule is Cc1cc(-c2cnc(N3CC[C@H](O)[C@H](C)C3)nc2C2CC2)on1. The molecule has 1 aliphatic heterocycles. The lowest BCUT2D eigenvalue weighted by Crippen LogP contribution is -2.42. The minimum absolute atomic E-state index is 0.217. The zero-order valence-electron chi connectivity index (χ0n) is 13.6. The van der Waals surface area contributed by atoms with Gasteiger partial charge in [0.15, 0.2) is 5.76 Å². The molecule has 2 aromatic rings. The van der Waals surface area contributed by atoms with Crippen molar-refractivity contribution < 1.29 is 9.63 Å². The second-order valence-electron chi connectivity index (χ2n) is 6.86. The van der Waals surface area contributed by atoms with E-state index in [1.54, 1.807) is 0 Å². The van der Waals surface area contributed by atoms with Crippen LogP contribution in [0.25, 0.3) is 11.3 Å². The molecular weight excluding hydrogens is 292 g/mol. The van der Waals surface area contributed by atoms with Gasteiger partial charge in [0, 0.05) is 31.3 Å². The highest BCUT2D eigenvalue weighted by Crippen LogP contribution is 2.43. The van der Waals surface area contributed by atoms with Crippen LogP contribution in [0, 0.1) is 12.8 Å². The number of aromatic nitrogens is 3.